The normalized spacial score (nSPS) is 20.7. The first-order valence-electron chi connectivity index (χ1n) is 15.9. The minimum Gasteiger partial charge on any atom is -0.379 e. The number of rotatable bonds is 18. The highest BCUT2D eigenvalue weighted by Gasteiger charge is 2.43. The van der Waals surface area contributed by atoms with Crippen molar-refractivity contribution in [2.75, 3.05) is 41.9 Å². The topological polar surface area (TPSA) is 158 Å². The molecule has 1 aliphatic heterocycles. The average Bonchev–Trinajstić information content (AvgIpc) is 3.43. The van der Waals surface area contributed by atoms with Gasteiger partial charge in [0.15, 0.2) is 0 Å². The van der Waals surface area contributed by atoms with Crippen LogP contribution in [0.2, 0.25) is 0 Å². The molecule has 14 heteroatoms. The number of nitrogens with one attached hydrogen (secondary N) is 2. The van der Waals surface area contributed by atoms with Crippen LogP contribution in [0.15, 0.2) is 0 Å². The van der Waals surface area contributed by atoms with Gasteiger partial charge in [-0.15, -0.1) is 0 Å². The highest BCUT2D eigenvalue weighted by molar-refractivity contribution is 7.77. The van der Waals surface area contributed by atoms with Gasteiger partial charge in [-0.25, -0.2) is 4.21 Å². The maximum absolute atomic E-state index is 14.1. The molecule has 1 saturated heterocycles. The smallest absolute Gasteiger partial charge is 0.261 e. The molecule has 3 N–H and O–H groups in total. The number of nitrogens with zero attached hydrogens (tertiary/aromatic N) is 3. The van der Waals surface area contributed by atoms with Crippen LogP contribution in [0.1, 0.15) is 74.1 Å². The summed E-state index contributed by atoms with van der Waals surface area (Å²) in [5.74, 6) is -2.27. The van der Waals surface area contributed by atoms with Gasteiger partial charge in [-0.1, -0.05) is 54.9 Å². The van der Waals surface area contributed by atoms with Crippen LogP contribution in [0.4, 0.5) is 0 Å². The molecule has 4 amide bonds. The molecular weight excluding hydrogens is 602 g/mol. The van der Waals surface area contributed by atoms with Crippen molar-refractivity contribution in [3.05, 3.63) is 0 Å². The van der Waals surface area contributed by atoms with Crippen LogP contribution < -0.4 is 10.0 Å². The van der Waals surface area contributed by atoms with Crippen LogP contribution in [0.3, 0.4) is 0 Å². The second-order valence-corrected chi connectivity index (χ2v) is 13.9. The predicted octanol–water partition coefficient (Wildman–Crippen LogP) is 1.89. The molecule has 0 aromatic rings. The number of likely N-dealkylation sites (tertiary alicyclic amines) is 1. The van der Waals surface area contributed by atoms with Crippen LogP contribution in [0.5, 0.6) is 0 Å². The Kier molecular flexibility index (Phi) is 17.2. The Bertz CT molecular complexity index is 1000. The van der Waals surface area contributed by atoms with E-state index in [0.29, 0.717) is 19.4 Å². The van der Waals surface area contributed by atoms with Gasteiger partial charge in [0.05, 0.1) is 42.7 Å². The molecule has 0 aromatic heterocycles. The van der Waals surface area contributed by atoms with Crippen molar-refractivity contribution >= 4 is 34.9 Å². The van der Waals surface area contributed by atoms with E-state index in [2.05, 4.69) is 5.32 Å². The van der Waals surface area contributed by atoms with Gasteiger partial charge in [-0.05, 0) is 44.7 Å². The molecule has 1 fully saturated rings. The molecule has 45 heavy (non-hydrogen) atoms. The van der Waals surface area contributed by atoms with Crippen LogP contribution in [-0.4, -0.2) is 125 Å². The van der Waals surface area contributed by atoms with Crippen LogP contribution >= 0.6 is 0 Å². The summed E-state index contributed by atoms with van der Waals surface area (Å²) < 4.78 is 33.8. The number of hydrogen-bond acceptors (Lipinski definition) is 8. The zero-order chi connectivity index (χ0) is 34.8. The van der Waals surface area contributed by atoms with Crippen molar-refractivity contribution in [3.8, 4) is 0 Å². The van der Waals surface area contributed by atoms with E-state index in [-0.39, 0.29) is 41.9 Å². The van der Waals surface area contributed by atoms with Crippen LogP contribution in [0, 0.1) is 23.7 Å². The highest BCUT2D eigenvalue weighted by atomic mass is 32.2. The molecule has 1 heterocycles. The lowest BCUT2D eigenvalue weighted by molar-refractivity contribution is -0.148. The summed E-state index contributed by atoms with van der Waals surface area (Å²) in [7, 11) is 8.36. The Labute approximate surface area is 272 Å². The molecule has 1 aliphatic rings. The Balaban J connectivity index is 3.27. The van der Waals surface area contributed by atoms with Gasteiger partial charge >= 0.3 is 0 Å². The Hall–Kier alpha value is -2.13. The fraction of sp³-hybridized carbons (Fsp3) is 0.871. The summed E-state index contributed by atoms with van der Waals surface area (Å²) >= 11 is -2.51. The predicted molar refractivity (Wildman–Crippen MR) is 174 cm³/mol. The molecule has 0 saturated carbocycles. The lowest BCUT2D eigenvalue weighted by atomic mass is 9.89. The van der Waals surface area contributed by atoms with Crippen molar-refractivity contribution in [1.82, 2.24) is 24.7 Å². The first-order valence-corrected chi connectivity index (χ1v) is 17.0. The summed E-state index contributed by atoms with van der Waals surface area (Å²) in [4.78, 5) is 58.9. The van der Waals surface area contributed by atoms with Gasteiger partial charge < -0.3 is 24.6 Å². The maximum Gasteiger partial charge on any atom is 0.261 e. The molecule has 9 atom stereocenters. The van der Waals surface area contributed by atoms with E-state index in [9.17, 15) is 23.4 Å². The standard InChI is InChI=1S/C31H59N5O8S/c1-13-20(6)27(35(10)31(40)25(18(2)3)32-30(39)26(19(4)5)34(8)9)23(43-11)17-24(37)36-16-14-15-22(36)28(44-12)21(7)29(38)33-45(41)42/h18-23,25-28H,13-17H2,1-12H3,(H,32,39)(H,33,38)(H,41,42)/t20-,21+,22-,23+,25?,26?,27-,28+/m0/s1. The van der Waals surface area contributed by atoms with Gasteiger partial charge in [0, 0.05) is 27.8 Å². The number of carbonyl (C=O) groups excluding carboxylic acids is 4. The minimum absolute atomic E-state index is 0.00788. The van der Waals surface area contributed by atoms with E-state index in [1.807, 2.05) is 65.3 Å². The largest absolute Gasteiger partial charge is 0.379 e. The average molecular weight is 662 g/mol. The van der Waals surface area contributed by atoms with Gasteiger partial charge in [-0.3, -0.25) is 33.4 Å². The van der Waals surface area contributed by atoms with Crippen molar-refractivity contribution in [3.63, 3.8) is 0 Å². The molecule has 0 radical (unpaired) electrons. The molecule has 3 unspecified atom stereocenters. The van der Waals surface area contributed by atoms with Gasteiger partial charge in [0.1, 0.15) is 6.04 Å². The molecule has 0 bridgehead atoms. The first-order chi connectivity index (χ1) is 20.9. The Morgan fingerprint density at radius 2 is 1.58 bits per heavy atom. The summed E-state index contributed by atoms with van der Waals surface area (Å²) in [6.45, 7) is 13.8. The number of hydrogen-bond donors (Lipinski definition) is 3. The zero-order valence-electron chi connectivity index (χ0n) is 29.4. The van der Waals surface area contributed by atoms with Crippen molar-refractivity contribution in [2.45, 2.75) is 111 Å². The summed E-state index contributed by atoms with van der Waals surface area (Å²) in [5.41, 5.74) is 0. The molecule has 13 nitrogen and oxygen atoms in total. The number of carbonyl (C=O) groups is 4. The lowest BCUT2D eigenvalue weighted by Crippen LogP contribution is -2.59. The van der Waals surface area contributed by atoms with Crippen molar-refractivity contribution in [1.29, 1.82) is 0 Å². The number of amides is 4. The second-order valence-electron chi connectivity index (χ2n) is 13.2. The minimum atomic E-state index is -2.51. The summed E-state index contributed by atoms with van der Waals surface area (Å²) in [6, 6.07) is -2.05. The molecule has 262 valence electrons. The van der Waals surface area contributed by atoms with E-state index >= 15 is 0 Å². The Morgan fingerprint density at radius 1 is 0.978 bits per heavy atom. The zero-order valence-corrected chi connectivity index (χ0v) is 30.2. The molecular formula is C31H59N5O8S. The molecule has 1 rings (SSSR count). The van der Waals surface area contributed by atoms with Crippen molar-refractivity contribution in [2.24, 2.45) is 23.7 Å². The van der Waals surface area contributed by atoms with E-state index < -0.39 is 59.5 Å². The molecule has 0 spiro atoms. The third-order valence-corrected chi connectivity index (χ3v) is 9.51. The summed E-state index contributed by atoms with van der Waals surface area (Å²) in [5, 5.41) is 3.00. The lowest BCUT2D eigenvalue weighted by Gasteiger charge is -2.41. The second kappa shape index (κ2) is 18.9. The number of ether oxygens (including phenoxy) is 2. The first kappa shape index (κ1) is 40.9. The monoisotopic (exact) mass is 661 g/mol. The SMILES string of the molecule is CC[C@H](C)[C@@H]([C@@H](CC(=O)N1CCC[C@H]1[C@H](OC)[C@@H](C)C(=O)NS(=O)O)OC)N(C)C(=O)C(NC(=O)C(C(C)C)N(C)C)C(C)C. The fourth-order valence-corrected chi connectivity index (χ4v) is 6.95. The Morgan fingerprint density at radius 3 is 2.02 bits per heavy atom. The van der Waals surface area contributed by atoms with Crippen LogP contribution in [-0.2, 0) is 39.9 Å². The third-order valence-electron chi connectivity index (χ3n) is 9.13. The number of likely N-dealkylation sites (N-methyl/N-ethyl adjacent to an activating group) is 2. The third kappa shape index (κ3) is 11.0. The number of methoxy groups -OCH3 is 2. The van der Waals surface area contributed by atoms with Gasteiger partial charge in [-0.2, -0.15) is 0 Å². The van der Waals surface area contributed by atoms with E-state index in [4.69, 9.17) is 14.0 Å². The van der Waals surface area contributed by atoms with E-state index in [1.165, 1.54) is 14.2 Å². The van der Waals surface area contributed by atoms with Gasteiger partial charge in [0.2, 0.25) is 23.6 Å². The maximum atomic E-state index is 14.1. The quantitative estimate of drug-likeness (QED) is 0.187. The fourth-order valence-electron chi connectivity index (χ4n) is 6.59. The van der Waals surface area contributed by atoms with E-state index in [0.717, 1.165) is 6.42 Å². The molecule has 0 aliphatic carbocycles. The van der Waals surface area contributed by atoms with Gasteiger partial charge in [0.25, 0.3) is 11.3 Å². The molecule has 0 aromatic carbocycles. The summed E-state index contributed by atoms with van der Waals surface area (Å²) in [6.07, 6.45) is 0.697. The van der Waals surface area contributed by atoms with Crippen LogP contribution in [0.25, 0.3) is 0 Å². The van der Waals surface area contributed by atoms with E-state index in [1.54, 1.807) is 23.8 Å². The highest BCUT2D eigenvalue weighted by Crippen LogP contribution is 2.29. The van der Waals surface area contributed by atoms with Crippen molar-refractivity contribution < 1.29 is 37.4 Å².